The van der Waals surface area contributed by atoms with E-state index in [-0.39, 0.29) is 5.92 Å². The lowest BCUT2D eigenvalue weighted by atomic mass is 10.00. The van der Waals surface area contributed by atoms with Gasteiger partial charge in [0.2, 0.25) is 0 Å². The first-order valence-electron chi connectivity index (χ1n) is 8.25. The Morgan fingerprint density at radius 3 is 2.28 bits per heavy atom. The molecule has 2 N–H and O–H groups in total. The third kappa shape index (κ3) is 8.79. The summed E-state index contributed by atoms with van der Waals surface area (Å²) in [6, 6.07) is 5.26. The van der Waals surface area contributed by atoms with Crippen LogP contribution in [-0.4, -0.2) is 36.4 Å². The Balaban J connectivity index is 0.000000504. The maximum Gasteiger partial charge on any atom is 0.328 e. The van der Waals surface area contributed by atoms with Crippen LogP contribution in [0.5, 0.6) is 11.5 Å². The predicted octanol–water partition coefficient (Wildman–Crippen LogP) is 4.09. The maximum atomic E-state index is 10.4. The number of hydrogen-bond donors (Lipinski definition) is 2. The molecule has 25 heavy (non-hydrogen) atoms. The number of methoxy groups -OCH3 is 2. The molecule has 1 aromatic rings. The van der Waals surface area contributed by atoms with E-state index in [1.807, 2.05) is 6.92 Å². The van der Waals surface area contributed by atoms with Gasteiger partial charge in [-0.3, -0.25) is 4.79 Å². The Morgan fingerprint density at radius 1 is 1.16 bits per heavy atom. The normalized spacial score (nSPS) is 11.4. The van der Waals surface area contributed by atoms with Crippen LogP contribution < -0.4 is 9.47 Å². The van der Waals surface area contributed by atoms with Crippen LogP contribution in [-0.2, 0) is 9.59 Å². The molecule has 1 unspecified atom stereocenters. The van der Waals surface area contributed by atoms with E-state index in [2.05, 4.69) is 6.92 Å². The van der Waals surface area contributed by atoms with Crippen LogP contribution in [0.1, 0.15) is 45.1 Å². The number of unbranched alkanes of at least 4 members (excludes halogenated alkanes) is 1. The summed E-state index contributed by atoms with van der Waals surface area (Å²) in [4.78, 5) is 20.8. The molecule has 0 amide bonds. The summed E-state index contributed by atoms with van der Waals surface area (Å²) in [5.41, 5.74) is 0.666. The number of benzene rings is 1. The van der Waals surface area contributed by atoms with Crippen LogP contribution >= 0.6 is 0 Å². The van der Waals surface area contributed by atoms with Crippen molar-refractivity contribution >= 4 is 18.0 Å². The average molecular weight is 352 g/mol. The Morgan fingerprint density at radius 2 is 1.84 bits per heavy atom. The Bertz CT molecular complexity index is 565. The SMILES string of the molecule is CCCCC(CC)C(=O)O.COc1cccc(/C=C/C(=O)O)c1OC. The minimum atomic E-state index is -1.00. The van der Waals surface area contributed by atoms with Gasteiger partial charge in [-0.25, -0.2) is 4.79 Å². The topological polar surface area (TPSA) is 93.1 Å². The zero-order chi connectivity index (χ0) is 19.2. The Hall–Kier alpha value is -2.50. The average Bonchev–Trinajstić information content (AvgIpc) is 2.60. The largest absolute Gasteiger partial charge is 0.493 e. The fourth-order valence-corrected chi connectivity index (χ4v) is 2.16. The van der Waals surface area contributed by atoms with Crippen molar-refractivity contribution in [3.63, 3.8) is 0 Å². The van der Waals surface area contributed by atoms with Crippen molar-refractivity contribution in [2.75, 3.05) is 14.2 Å². The number of rotatable bonds is 9. The van der Waals surface area contributed by atoms with E-state index >= 15 is 0 Å². The maximum absolute atomic E-state index is 10.4. The molecule has 140 valence electrons. The van der Waals surface area contributed by atoms with E-state index in [1.165, 1.54) is 20.3 Å². The molecule has 0 fully saturated rings. The van der Waals surface area contributed by atoms with Gasteiger partial charge < -0.3 is 19.7 Å². The van der Waals surface area contributed by atoms with Crippen molar-refractivity contribution in [3.8, 4) is 11.5 Å². The number of carboxylic acid groups (broad SMARTS) is 2. The van der Waals surface area contributed by atoms with E-state index in [1.54, 1.807) is 18.2 Å². The zero-order valence-electron chi connectivity index (χ0n) is 15.3. The summed E-state index contributed by atoms with van der Waals surface area (Å²) < 4.78 is 10.2. The molecule has 0 saturated heterocycles. The molecule has 1 rings (SSSR count). The third-order valence-corrected chi connectivity index (χ3v) is 3.59. The molecule has 0 heterocycles. The molecule has 0 radical (unpaired) electrons. The summed E-state index contributed by atoms with van der Waals surface area (Å²) in [6.07, 6.45) is 6.23. The monoisotopic (exact) mass is 352 g/mol. The van der Waals surface area contributed by atoms with Crippen LogP contribution in [0.3, 0.4) is 0 Å². The first-order valence-corrected chi connectivity index (χ1v) is 8.25. The molecule has 6 heteroatoms. The summed E-state index contributed by atoms with van der Waals surface area (Å²) in [7, 11) is 3.04. The molecule has 1 aromatic carbocycles. The molecule has 1 atom stereocenters. The minimum Gasteiger partial charge on any atom is -0.493 e. The molecule has 0 aliphatic carbocycles. The lowest BCUT2D eigenvalue weighted by Gasteiger charge is -2.09. The van der Waals surface area contributed by atoms with Crippen LogP contribution in [0, 0.1) is 5.92 Å². The quantitative estimate of drug-likeness (QED) is 0.650. The second-order valence-electron chi connectivity index (χ2n) is 5.34. The Kier molecular flexibility index (Phi) is 11.6. The highest BCUT2D eigenvalue weighted by Gasteiger charge is 2.12. The van der Waals surface area contributed by atoms with Crippen LogP contribution in [0.25, 0.3) is 6.08 Å². The summed E-state index contributed by atoms with van der Waals surface area (Å²) in [6.45, 7) is 4.00. The number of hydrogen-bond acceptors (Lipinski definition) is 4. The fraction of sp³-hybridized carbons (Fsp3) is 0.474. The second-order valence-corrected chi connectivity index (χ2v) is 5.34. The highest BCUT2D eigenvalue weighted by molar-refractivity contribution is 5.86. The van der Waals surface area contributed by atoms with E-state index in [4.69, 9.17) is 19.7 Å². The number of aliphatic carboxylic acids is 2. The molecular formula is C19H28O6. The second kappa shape index (κ2) is 12.9. The minimum absolute atomic E-state index is 0.111. The van der Waals surface area contributed by atoms with Gasteiger partial charge in [0.25, 0.3) is 0 Å². The van der Waals surface area contributed by atoms with Gasteiger partial charge in [-0.05, 0) is 25.0 Å². The van der Waals surface area contributed by atoms with Crippen molar-refractivity contribution in [1.29, 1.82) is 0 Å². The van der Waals surface area contributed by atoms with Gasteiger partial charge in [-0.2, -0.15) is 0 Å². The summed E-state index contributed by atoms with van der Waals surface area (Å²) in [5.74, 6) is -0.654. The van der Waals surface area contributed by atoms with Crippen LogP contribution in [0.4, 0.5) is 0 Å². The summed E-state index contributed by atoms with van der Waals surface area (Å²) in [5, 5.41) is 17.1. The van der Waals surface area contributed by atoms with Gasteiger partial charge in [-0.15, -0.1) is 0 Å². The smallest absolute Gasteiger partial charge is 0.328 e. The highest BCUT2D eigenvalue weighted by Crippen LogP contribution is 2.31. The van der Waals surface area contributed by atoms with E-state index in [0.717, 1.165) is 31.8 Å². The first-order chi connectivity index (χ1) is 11.9. The van der Waals surface area contributed by atoms with Crippen molar-refractivity contribution < 1.29 is 29.3 Å². The van der Waals surface area contributed by atoms with Gasteiger partial charge in [-0.1, -0.05) is 38.8 Å². The highest BCUT2D eigenvalue weighted by atomic mass is 16.5. The fourth-order valence-electron chi connectivity index (χ4n) is 2.16. The number of ether oxygens (including phenoxy) is 2. The number of para-hydroxylation sites is 1. The molecule has 0 aromatic heterocycles. The predicted molar refractivity (Wildman–Crippen MR) is 97.2 cm³/mol. The third-order valence-electron chi connectivity index (χ3n) is 3.59. The van der Waals surface area contributed by atoms with Gasteiger partial charge >= 0.3 is 11.9 Å². The standard InChI is InChI=1S/C11H12O4.C8H16O2/c1-14-9-5-3-4-8(11(9)15-2)6-7-10(12)13;1-3-5-6-7(4-2)8(9)10/h3-7H,1-2H3,(H,12,13);7H,3-6H2,1-2H3,(H,9,10)/b7-6+;. The van der Waals surface area contributed by atoms with Crippen molar-refractivity contribution in [2.45, 2.75) is 39.5 Å². The van der Waals surface area contributed by atoms with E-state index in [0.29, 0.717) is 17.1 Å². The van der Waals surface area contributed by atoms with Gasteiger partial charge in [0.05, 0.1) is 20.1 Å². The first kappa shape index (κ1) is 22.5. The molecule has 0 bridgehead atoms. The zero-order valence-corrected chi connectivity index (χ0v) is 15.3. The van der Waals surface area contributed by atoms with Crippen LogP contribution in [0.2, 0.25) is 0 Å². The molecule has 0 aliphatic heterocycles. The van der Waals surface area contributed by atoms with Crippen molar-refractivity contribution in [2.24, 2.45) is 5.92 Å². The van der Waals surface area contributed by atoms with Crippen molar-refractivity contribution in [3.05, 3.63) is 29.8 Å². The lowest BCUT2D eigenvalue weighted by Crippen LogP contribution is -2.11. The summed E-state index contributed by atoms with van der Waals surface area (Å²) >= 11 is 0. The molecular weight excluding hydrogens is 324 g/mol. The molecule has 0 saturated carbocycles. The van der Waals surface area contributed by atoms with E-state index < -0.39 is 11.9 Å². The van der Waals surface area contributed by atoms with Gasteiger partial charge in [0.1, 0.15) is 0 Å². The Labute approximate surface area is 149 Å². The molecule has 0 spiro atoms. The molecule has 0 aliphatic rings. The van der Waals surface area contributed by atoms with E-state index in [9.17, 15) is 9.59 Å². The number of carbonyl (C=O) groups is 2. The van der Waals surface area contributed by atoms with Gasteiger partial charge in [0.15, 0.2) is 11.5 Å². The van der Waals surface area contributed by atoms with Crippen molar-refractivity contribution in [1.82, 2.24) is 0 Å². The number of carboxylic acids is 2. The van der Waals surface area contributed by atoms with Crippen LogP contribution in [0.15, 0.2) is 24.3 Å². The van der Waals surface area contributed by atoms with Gasteiger partial charge in [0, 0.05) is 11.6 Å². The lowest BCUT2D eigenvalue weighted by molar-refractivity contribution is -0.142. The molecule has 6 nitrogen and oxygen atoms in total.